The average molecular weight is 249 g/mol. The van der Waals surface area contributed by atoms with Gasteiger partial charge in [0, 0.05) is 11.4 Å². The maximum absolute atomic E-state index is 4.36. The van der Waals surface area contributed by atoms with Gasteiger partial charge in [-0.15, -0.1) is 11.3 Å². The first-order valence-corrected chi connectivity index (χ1v) is 7.00. The largest absolute Gasteiger partial charge is 0.369 e. The molecule has 17 heavy (non-hydrogen) atoms. The zero-order chi connectivity index (χ0) is 12.3. The van der Waals surface area contributed by atoms with Crippen LogP contribution in [0, 0.1) is 13.8 Å². The minimum absolute atomic E-state index is 0.993. The van der Waals surface area contributed by atoms with Crippen molar-refractivity contribution in [3.8, 4) is 0 Å². The first-order valence-electron chi connectivity index (χ1n) is 6.18. The van der Waals surface area contributed by atoms with Gasteiger partial charge < -0.3 is 5.32 Å². The quantitative estimate of drug-likeness (QED) is 0.816. The molecule has 0 unspecified atom stereocenters. The van der Waals surface area contributed by atoms with E-state index in [9.17, 15) is 0 Å². The second kappa shape index (κ2) is 5.45. The van der Waals surface area contributed by atoms with E-state index in [4.69, 9.17) is 0 Å². The van der Waals surface area contributed by atoms with E-state index in [2.05, 4.69) is 36.1 Å². The summed E-state index contributed by atoms with van der Waals surface area (Å²) in [6.07, 6.45) is 5.37. The van der Waals surface area contributed by atoms with Crippen molar-refractivity contribution in [3.05, 3.63) is 16.8 Å². The second-order valence-corrected chi connectivity index (χ2v) is 5.52. The Bertz CT molecular complexity index is 505. The molecule has 0 aliphatic carbocycles. The molecule has 0 saturated heterocycles. The number of thiophene rings is 1. The third-order valence-electron chi connectivity index (χ3n) is 3.04. The number of rotatable bonds is 5. The molecular weight excluding hydrogens is 230 g/mol. The molecule has 0 atom stereocenters. The highest BCUT2D eigenvalue weighted by atomic mass is 32.1. The third-order valence-corrected chi connectivity index (χ3v) is 4.15. The maximum atomic E-state index is 4.36. The Morgan fingerprint density at radius 1 is 1.24 bits per heavy atom. The topological polar surface area (TPSA) is 37.8 Å². The van der Waals surface area contributed by atoms with Crippen molar-refractivity contribution in [2.24, 2.45) is 0 Å². The lowest BCUT2D eigenvalue weighted by atomic mass is 10.2. The molecule has 2 aromatic rings. The lowest BCUT2D eigenvalue weighted by Gasteiger charge is -2.06. The van der Waals surface area contributed by atoms with Gasteiger partial charge in [0.1, 0.15) is 17.0 Å². The van der Waals surface area contributed by atoms with E-state index in [0.29, 0.717) is 0 Å². The van der Waals surface area contributed by atoms with E-state index >= 15 is 0 Å². The van der Waals surface area contributed by atoms with Crippen molar-refractivity contribution in [2.75, 3.05) is 11.9 Å². The smallest absolute Gasteiger partial charge is 0.138 e. The van der Waals surface area contributed by atoms with Crippen LogP contribution in [-0.2, 0) is 0 Å². The molecule has 0 amide bonds. The van der Waals surface area contributed by atoms with E-state index in [0.717, 1.165) is 17.2 Å². The number of aryl methyl sites for hydroxylation is 2. The Balaban J connectivity index is 2.21. The van der Waals surface area contributed by atoms with Crippen molar-refractivity contribution in [2.45, 2.75) is 40.0 Å². The maximum Gasteiger partial charge on any atom is 0.138 e. The van der Waals surface area contributed by atoms with Crippen LogP contribution < -0.4 is 5.32 Å². The third kappa shape index (κ3) is 2.57. The van der Waals surface area contributed by atoms with E-state index in [-0.39, 0.29) is 0 Å². The van der Waals surface area contributed by atoms with E-state index in [1.807, 2.05) is 0 Å². The lowest BCUT2D eigenvalue weighted by molar-refractivity contribution is 0.742. The molecule has 0 spiro atoms. The fourth-order valence-corrected chi connectivity index (χ4v) is 2.90. The highest BCUT2D eigenvalue weighted by Gasteiger charge is 2.10. The summed E-state index contributed by atoms with van der Waals surface area (Å²) in [5, 5.41) is 4.63. The van der Waals surface area contributed by atoms with Gasteiger partial charge in [-0.1, -0.05) is 19.8 Å². The van der Waals surface area contributed by atoms with Crippen LogP contribution in [0.1, 0.15) is 36.6 Å². The van der Waals surface area contributed by atoms with Crippen molar-refractivity contribution >= 4 is 27.4 Å². The van der Waals surface area contributed by atoms with Gasteiger partial charge in [-0.2, -0.15) is 0 Å². The normalized spacial score (nSPS) is 11.0. The van der Waals surface area contributed by atoms with Gasteiger partial charge in [-0.25, -0.2) is 9.97 Å². The van der Waals surface area contributed by atoms with Crippen LogP contribution >= 0.6 is 11.3 Å². The van der Waals surface area contributed by atoms with Crippen LogP contribution in [0.15, 0.2) is 6.33 Å². The number of anilines is 1. The molecule has 0 aromatic carbocycles. The number of fused-ring (bicyclic) bond motifs is 1. The molecule has 3 nitrogen and oxygen atoms in total. The van der Waals surface area contributed by atoms with Crippen LogP contribution in [0.4, 0.5) is 5.82 Å². The molecular formula is C13H19N3S. The molecule has 1 N–H and O–H groups in total. The van der Waals surface area contributed by atoms with Gasteiger partial charge in [-0.05, 0) is 25.8 Å². The number of unbranched alkanes of at least 4 members (excludes halogenated alkanes) is 2. The summed E-state index contributed by atoms with van der Waals surface area (Å²) < 4.78 is 0. The highest BCUT2D eigenvalue weighted by molar-refractivity contribution is 7.18. The Labute approximate surface area is 106 Å². The fourth-order valence-electron chi connectivity index (χ4n) is 1.90. The van der Waals surface area contributed by atoms with Crippen molar-refractivity contribution in [1.82, 2.24) is 9.97 Å². The van der Waals surface area contributed by atoms with Crippen LogP contribution in [0.25, 0.3) is 10.2 Å². The SMILES string of the molecule is CCCCCNc1ncnc2sc(C)c(C)c12. The Hall–Kier alpha value is -1.16. The molecule has 0 saturated carbocycles. The monoisotopic (exact) mass is 249 g/mol. The molecule has 0 aliphatic heterocycles. The van der Waals surface area contributed by atoms with E-state index < -0.39 is 0 Å². The van der Waals surface area contributed by atoms with Crippen LogP contribution in [0.3, 0.4) is 0 Å². The van der Waals surface area contributed by atoms with Crippen LogP contribution in [-0.4, -0.2) is 16.5 Å². The number of nitrogens with one attached hydrogen (secondary N) is 1. The van der Waals surface area contributed by atoms with Crippen molar-refractivity contribution in [1.29, 1.82) is 0 Å². The predicted octanol–water partition coefficient (Wildman–Crippen LogP) is 3.91. The van der Waals surface area contributed by atoms with Crippen LogP contribution in [0.5, 0.6) is 0 Å². The van der Waals surface area contributed by atoms with Gasteiger partial charge >= 0.3 is 0 Å². The van der Waals surface area contributed by atoms with E-state index in [1.165, 1.54) is 35.1 Å². The number of nitrogens with zero attached hydrogens (tertiary/aromatic N) is 2. The summed E-state index contributed by atoms with van der Waals surface area (Å²) in [7, 11) is 0. The number of aromatic nitrogens is 2. The first kappa shape index (κ1) is 12.3. The van der Waals surface area contributed by atoms with Crippen molar-refractivity contribution < 1.29 is 0 Å². The van der Waals surface area contributed by atoms with Gasteiger partial charge in [0.05, 0.1) is 5.39 Å². The average Bonchev–Trinajstić information content (AvgIpc) is 2.62. The molecule has 92 valence electrons. The zero-order valence-electron chi connectivity index (χ0n) is 10.7. The fraction of sp³-hybridized carbons (Fsp3) is 0.538. The Morgan fingerprint density at radius 3 is 2.82 bits per heavy atom. The summed E-state index contributed by atoms with van der Waals surface area (Å²) >= 11 is 1.75. The van der Waals surface area contributed by atoms with Gasteiger partial charge in [0.25, 0.3) is 0 Å². The predicted molar refractivity (Wildman–Crippen MR) is 74.9 cm³/mol. The molecule has 0 aliphatic rings. The number of hydrogen-bond acceptors (Lipinski definition) is 4. The Kier molecular flexibility index (Phi) is 3.94. The molecule has 4 heteroatoms. The molecule has 2 rings (SSSR count). The molecule has 2 heterocycles. The van der Waals surface area contributed by atoms with Gasteiger partial charge in [-0.3, -0.25) is 0 Å². The molecule has 0 fully saturated rings. The van der Waals surface area contributed by atoms with Gasteiger partial charge in [0.2, 0.25) is 0 Å². The summed E-state index contributed by atoms with van der Waals surface area (Å²) in [6, 6.07) is 0. The summed E-state index contributed by atoms with van der Waals surface area (Å²) in [6.45, 7) is 7.50. The Morgan fingerprint density at radius 2 is 2.06 bits per heavy atom. The zero-order valence-corrected chi connectivity index (χ0v) is 11.5. The molecule has 0 bridgehead atoms. The summed E-state index contributed by atoms with van der Waals surface area (Å²) in [5.41, 5.74) is 1.31. The molecule has 0 radical (unpaired) electrons. The number of hydrogen-bond donors (Lipinski definition) is 1. The highest BCUT2D eigenvalue weighted by Crippen LogP contribution is 2.32. The summed E-state index contributed by atoms with van der Waals surface area (Å²) in [5.74, 6) is 0.993. The van der Waals surface area contributed by atoms with Crippen LogP contribution in [0.2, 0.25) is 0 Å². The minimum atomic E-state index is 0.993. The van der Waals surface area contributed by atoms with Gasteiger partial charge in [0.15, 0.2) is 0 Å². The second-order valence-electron chi connectivity index (χ2n) is 4.32. The van der Waals surface area contributed by atoms with E-state index in [1.54, 1.807) is 17.7 Å². The standard InChI is InChI=1S/C13H19N3S/c1-4-5-6-7-14-12-11-9(2)10(3)17-13(11)16-8-15-12/h8H,4-7H2,1-3H3,(H,14,15,16). The lowest BCUT2D eigenvalue weighted by Crippen LogP contribution is -2.04. The summed E-state index contributed by atoms with van der Waals surface area (Å²) in [4.78, 5) is 11.1. The molecule has 2 aromatic heterocycles. The van der Waals surface area contributed by atoms with Crippen molar-refractivity contribution in [3.63, 3.8) is 0 Å². The minimum Gasteiger partial charge on any atom is -0.369 e. The first-order chi connectivity index (χ1) is 8.24.